The molecule has 1 aromatic rings. The smallest absolute Gasteiger partial charge is 0.318 e. The average molecular weight is 317 g/mol. The van der Waals surface area contributed by atoms with Crippen LogP contribution in [0.3, 0.4) is 0 Å². The highest BCUT2D eigenvalue weighted by Crippen LogP contribution is 2.25. The Morgan fingerprint density at radius 1 is 1.50 bits per heavy atom. The van der Waals surface area contributed by atoms with Crippen molar-refractivity contribution in [2.45, 2.75) is 18.2 Å². The number of nitrogens with zero attached hydrogens (tertiary/aromatic N) is 2. The predicted octanol–water partition coefficient (Wildman–Crippen LogP) is 1.70. The van der Waals surface area contributed by atoms with E-state index in [1.165, 1.54) is 12.1 Å². The second-order valence-corrected chi connectivity index (χ2v) is 6.30. The number of hydrogen-bond acceptors (Lipinski definition) is 4. The molecule has 0 amide bonds. The Morgan fingerprint density at radius 3 is 2.65 bits per heavy atom. The van der Waals surface area contributed by atoms with Crippen LogP contribution >= 0.6 is 11.6 Å². The summed E-state index contributed by atoms with van der Waals surface area (Å²) in [6.45, 7) is 1.14. The van der Waals surface area contributed by atoms with Gasteiger partial charge in [0, 0.05) is 6.54 Å². The zero-order chi connectivity index (χ0) is 15.3. The number of benzene rings is 1. The molecular formula is C12H13ClN2O4S. The van der Waals surface area contributed by atoms with Crippen molar-refractivity contribution >= 4 is 27.6 Å². The van der Waals surface area contributed by atoms with Crippen molar-refractivity contribution in [2.24, 2.45) is 0 Å². The lowest BCUT2D eigenvalue weighted by Crippen LogP contribution is -2.36. The van der Waals surface area contributed by atoms with Gasteiger partial charge in [0.25, 0.3) is 0 Å². The van der Waals surface area contributed by atoms with E-state index >= 15 is 0 Å². The first kappa shape index (κ1) is 16.4. The largest absolute Gasteiger partial charge is 0.480 e. The van der Waals surface area contributed by atoms with Crippen molar-refractivity contribution in [1.82, 2.24) is 4.31 Å². The Hall–Kier alpha value is -1.62. The maximum Gasteiger partial charge on any atom is 0.318 e. The number of carboxylic acid groups (broad SMARTS) is 1. The first-order valence-corrected chi connectivity index (χ1v) is 7.56. The highest BCUT2D eigenvalue weighted by molar-refractivity contribution is 7.89. The van der Waals surface area contributed by atoms with Crippen molar-refractivity contribution in [2.75, 3.05) is 13.1 Å². The maximum atomic E-state index is 12.4. The van der Waals surface area contributed by atoms with E-state index in [1.807, 2.05) is 6.07 Å². The summed E-state index contributed by atoms with van der Waals surface area (Å²) >= 11 is 5.86. The molecule has 0 atom stereocenters. The number of hydrogen-bond donors (Lipinski definition) is 1. The minimum atomic E-state index is -4.05. The van der Waals surface area contributed by atoms with E-state index in [0.29, 0.717) is 6.42 Å². The molecule has 8 heteroatoms. The van der Waals surface area contributed by atoms with Gasteiger partial charge in [-0.05, 0) is 24.6 Å². The van der Waals surface area contributed by atoms with E-state index in [1.54, 1.807) is 6.92 Å². The second-order valence-electron chi connectivity index (χ2n) is 3.99. The Morgan fingerprint density at radius 2 is 2.15 bits per heavy atom. The third-order valence-corrected chi connectivity index (χ3v) is 4.79. The molecular weight excluding hydrogens is 304 g/mol. The van der Waals surface area contributed by atoms with Crippen LogP contribution in [0.5, 0.6) is 0 Å². The molecule has 0 heterocycles. The zero-order valence-corrected chi connectivity index (χ0v) is 12.3. The Bertz CT molecular complexity index is 652. The van der Waals surface area contributed by atoms with Gasteiger partial charge in [0.2, 0.25) is 10.0 Å². The maximum absolute atomic E-state index is 12.4. The number of aliphatic carboxylic acids is 1. The van der Waals surface area contributed by atoms with Crippen LogP contribution < -0.4 is 0 Å². The molecule has 108 valence electrons. The van der Waals surface area contributed by atoms with Crippen LogP contribution in [0.2, 0.25) is 5.02 Å². The summed E-state index contributed by atoms with van der Waals surface area (Å²) in [6.07, 6.45) is 0.460. The van der Waals surface area contributed by atoms with Crippen LogP contribution in [0.25, 0.3) is 0 Å². The third kappa shape index (κ3) is 3.70. The van der Waals surface area contributed by atoms with Gasteiger partial charge in [-0.2, -0.15) is 9.57 Å². The van der Waals surface area contributed by atoms with Crippen LogP contribution in [0.15, 0.2) is 23.1 Å². The van der Waals surface area contributed by atoms with Gasteiger partial charge in [-0.15, -0.1) is 0 Å². The summed E-state index contributed by atoms with van der Waals surface area (Å²) in [5.74, 6) is -1.26. The molecule has 1 rings (SSSR count). The van der Waals surface area contributed by atoms with Crippen LogP contribution in [0.1, 0.15) is 18.9 Å². The molecule has 0 saturated heterocycles. The molecule has 0 fully saturated rings. The Kier molecular flexibility index (Phi) is 5.51. The molecule has 0 spiro atoms. The summed E-state index contributed by atoms with van der Waals surface area (Å²) in [4.78, 5) is 10.5. The fraction of sp³-hybridized carbons (Fsp3) is 0.333. The molecule has 1 aromatic carbocycles. The highest BCUT2D eigenvalue weighted by atomic mass is 35.5. The molecule has 0 radical (unpaired) electrons. The Labute approximate surface area is 122 Å². The van der Waals surface area contributed by atoms with Gasteiger partial charge >= 0.3 is 5.97 Å². The van der Waals surface area contributed by atoms with Crippen molar-refractivity contribution in [3.05, 3.63) is 28.8 Å². The molecule has 0 bridgehead atoms. The first-order valence-electron chi connectivity index (χ1n) is 5.74. The summed E-state index contributed by atoms with van der Waals surface area (Å²) in [7, 11) is -4.05. The molecule has 0 unspecified atom stereocenters. The standard InChI is InChI=1S/C12H13ClN2O4S/c1-2-5-15(8-12(16)17)20(18,19)11-6-9(7-14)3-4-10(11)13/h3-4,6H,2,5,8H2,1H3,(H,16,17). The number of halogens is 1. The lowest BCUT2D eigenvalue weighted by Gasteiger charge is -2.20. The topological polar surface area (TPSA) is 98.5 Å². The van der Waals surface area contributed by atoms with Crippen molar-refractivity contribution < 1.29 is 18.3 Å². The second kappa shape index (κ2) is 6.70. The number of sulfonamides is 1. The third-order valence-electron chi connectivity index (χ3n) is 2.46. The molecule has 0 aliphatic carbocycles. The van der Waals surface area contributed by atoms with Crippen molar-refractivity contribution in [1.29, 1.82) is 5.26 Å². The number of carboxylic acids is 1. The number of carbonyl (C=O) groups is 1. The minimum Gasteiger partial charge on any atom is -0.480 e. The van der Waals surface area contributed by atoms with Crippen molar-refractivity contribution in [3.63, 3.8) is 0 Å². The van der Waals surface area contributed by atoms with Crippen LogP contribution in [0.4, 0.5) is 0 Å². The normalized spacial score (nSPS) is 11.3. The van der Waals surface area contributed by atoms with E-state index in [-0.39, 0.29) is 22.0 Å². The highest BCUT2D eigenvalue weighted by Gasteiger charge is 2.28. The lowest BCUT2D eigenvalue weighted by molar-refractivity contribution is -0.137. The number of rotatable bonds is 6. The molecule has 0 saturated carbocycles. The lowest BCUT2D eigenvalue weighted by atomic mass is 10.2. The Balaban J connectivity index is 3.32. The SMILES string of the molecule is CCCN(CC(=O)O)S(=O)(=O)c1cc(C#N)ccc1Cl. The van der Waals surface area contributed by atoms with Gasteiger partial charge in [0.1, 0.15) is 11.4 Å². The quantitative estimate of drug-likeness (QED) is 0.861. The van der Waals surface area contributed by atoms with Gasteiger partial charge in [-0.25, -0.2) is 8.42 Å². The average Bonchev–Trinajstić information content (AvgIpc) is 2.38. The van der Waals surface area contributed by atoms with E-state index < -0.39 is 22.5 Å². The van der Waals surface area contributed by atoms with Crippen LogP contribution in [-0.4, -0.2) is 36.9 Å². The van der Waals surface area contributed by atoms with Gasteiger partial charge < -0.3 is 5.11 Å². The van der Waals surface area contributed by atoms with E-state index in [9.17, 15) is 13.2 Å². The van der Waals surface area contributed by atoms with Gasteiger partial charge in [0.05, 0.1) is 16.7 Å². The van der Waals surface area contributed by atoms with Crippen molar-refractivity contribution in [3.8, 4) is 6.07 Å². The summed E-state index contributed by atoms with van der Waals surface area (Å²) in [5.41, 5.74) is 0.139. The fourth-order valence-electron chi connectivity index (χ4n) is 1.59. The van der Waals surface area contributed by atoms with Gasteiger partial charge in [-0.1, -0.05) is 18.5 Å². The van der Waals surface area contributed by atoms with E-state index in [0.717, 1.165) is 10.4 Å². The van der Waals surface area contributed by atoms with E-state index in [4.69, 9.17) is 22.0 Å². The summed E-state index contributed by atoms with van der Waals surface area (Å²) in [6, 6.07) is 5.66. The first-order chi connectivity index (χ1) is 9.32. The summed E-state index contributed by atoms with van der Waals surface area (Å²) < 4.78 is 25.7. The molecule has 0 aromatic heterocycles. The summed E-state index contributed by atoms with van der Waals surface area (Å²) in [5, 5.41) is 17.6. The predicted molar refractivity (Wildman–Crippen MR) is 72.9 cm³/mol. The van der Waals surface area contributed by atoms with Crippen LogP contribution in [-0.2, 0) is 14.8 Å². The monoisotopic (exact) mass is 316 g/mol. The minimum absolute atomic E-state index is 0.0458. The molecule has 6 nitrogen and oxygen atoms in total. The van der Waals surface area contributed by atoms with Gasteiger partial charge in [0.15, 0.2) is 0 Å². The molecule has 20 heavy (non-hydrogen) atoms. The fourth-order valence-corrected chi connectivity index (χ4v) is 3.58. The number of nitriles is 1. The molecule has 0 aliphatic heterocycles. The molecule has 0 aliphatic rings. The zero-order valence-electron chi connectivity index (χ0n) is 10.7. The van der Waals surface area contributed by atoms with Crippen LogP contribution in [0, 0.1) is 11.3 Å². The van der Waals surface area contributed by atoms with E-state index in [2.05, 4.69) is 0 Å². The van der Waals surface area contributed by atoms with Gasteiger partial charge in [-0.3, -0.25) is 4.79 Å². The molecule has 1 N–H and O–H groups in total.